The van der Waals surface area contributed by atoms with Crippen molar-refractivity contribution < 1.29 is 19.1 Å². The van der Waals surface area contributed by atoms with E-state index in [2.05, 4.69) is 17.4 Å². The van der Waals surface area contributed by atoms with Gasteiger partial charge in [-0.05, 0) is 49.6 Å². The zero-order valence-corrected chi connectivity index (χ0v) is 15.7. The summed E-state index contributed by atoms with van der Waals surface area (Å²) in [4.78, 5) is 24.1. The fourth-order valence-electron chi connectivity index (χ4n) is 2.94. The average Bonchev–Trinajstić information content (AvgIpc) is 3.53. The second-order valence-corrected chi connectivity index (χ2v) is 6.93. The lowest BCUT2D eigenvalue weighted by Gasteiger charge is -2.17. The van der Waals surface area contributed by atoms with E-state index in [0.717, 1.165) is 12.8 Å². The van der Waals surface area contributed by atoms with Gasteiger partial charge in [-0.25, -0.2) is 4.79 Å². The standard InChI is InChI=1S/C22H22N2O4/c1-16(28-19-9-7-17(13-23)8-10-19)21(26)27-14-20(25)24-15-22(11-12-22)18-5-3-2-4-6-18/h2-10,16H,11-12,14-15H2,1H3,(H,24,25). The van der Waals surface area contributed by atoms with Crippen LogP contribution in [0.5, 0.6) is 5.75 Å². The van der Waals surface area contributed by atoms with E-state index in [1.165, 1.54) is 5.56 Å². The smallest absolute Gasteiger partial charge is 0.347 e. The molecule has 1 fully saturated rings. The van der Waals surface area contributed by atoms with Crippen LogP contribution in [0.2, 0.25) is 0 Å². The third kappa shape index (κ3) is 4.89. The van der Waals surface area contributed by atoms with E-state index in [9.17, 15) is 9.59 Å². The lowest BCUT2D eigenvalue weighted by molar-refractivity contribution is -0.154. The molecule has 2 aromatic carbocycles. The van der Waals surface area contributed by atoms with E-state index < -0.39 is 12.1 Å². The predicted molar refractivity (Wildman–Crippen MR) is 103 cm³/mol. The summed E-state index contributed by atoms with van der Waals surface area (Å²) in [6.07, 6.45) is 1.21. The van der Waals surface area contributed by atoms with E-state index in [-0.39, 0.29) is 17.9 Å². The minimum absolute atomic E-state index is 0.00687. The van der Waals surface area contributed by atoms with Gasteiger partial charge in [-0.15, -0.1) is 0 Å². The predicted octanol–water partition coefficient (Wildman–Crippen LogP) is 2.72. The van der Waals surface area contributed by atoms with Crippen molar-refractivity contribution in [2.45, 2.75) is 31.3 Å². The first-order chi connectivity index (χ1) is 13.5. The van der Waals surface area contributed by atoms with Gasteiger partial charge in [0.25, 0.3) is 5.91 Å². The number of benzene rings is 2. The number of carbonyl (C=O) groups excluding carboxylic acids is 2. The minimum Gasteiger partial charge on any atom is -0.479 e. The van der Waals surface area contributed by atoms with Crippen molar-refractivity contribution in [3.05, 3.63) is 65.7 Å². The highest BCUT2D eigenvalue weighted by molar-refractivity contribution is 5.82. The number of rotatable bonds is 8. The quantitative estimate of drug-likeness (QED) is 0.714. The molecule has 0 spiro atoms. The Balaban J connectivity index is 1.41. The summed E-state index contributed by atoms with van der Waals surface area (Å²) in [5.74, 6) is -0.503. The number of nitriles is 1. The summed E-state index contributed by atoms with van der Waals surface area (Å²) in [7, 11) is 0. The molecule has 6 nitrogen and oxygen atoms in total. The third-order valence-corrected chi connectivity index (χ3v) is 4.84. The molecule has 0 aromatic heterocycles. The van der Waals surface area contributed by atoms with Gasteiger partial charge >= 0.3 is 5.97 Å². The van der Waals surface area contributed by atoms with E-state index >= 15 is 0 Å². The van der Waals surface area contributed by atoms with Gasteiger partial charge in [-0.1, -0.05) is 30.3 Å². The van der Waals surface area contributed by atoms with Gasteiger partial charge in [-0.3, -0.25) is 4.79 Å². The van der Waals surface area contributed by atoms with Crippen LogP contribution in [0.25, 0.3) is 0 Å². The third-order valence-electron chi connectivity index (χ3n) is 4.84. The van der Waals surface area contributed by atoms with Gasteiger partial charge in [0, 0.05) is 12.0 Å². The summed E-state index contributed by atoms with van der Waals surface area (Å²) < 4.78 is 10.5. The normalized spacial score (nSPS) is 15.0. The van der Waals surface area contributed by atoms with Crippen LogP contribution >= 0.6 is 0 Å². The largest absolute Gasteiger partial charge is 0.479 e. The Labute approximate surface area is 164 Å². The number of nitrogens with zero attached hydrogens (tertiary/aromatic N) is 1. The number of hydrogen-bond acceptors (Lipinski definition) is 5. The second-order valence-electron chi connectivity index (χ2n) is 6.93. The fourth-order valence-corrected chi connectivity index (χ4v) is 2.94. The molecule has 0 saturated heterocycles. The van der Waals surface area contributed by atoms with Crippen molar-refractivity contribution >= 4 is 11.9 Å². The van der Waals surface area contributed by atoms with Gasteiger partial charge in [0.15, 0.2) is 12.7 Å². The van der Waals surface area contributed by atoms with Crippen molar-refractivity contribution in [3.63, 3.8) is 0 Å². The number of amides is 1. The molecule has 0 aliphatic heterocycles. The first-order valence-corrected chi connectivity index (χ1v) is 9.18. The molecule has 0 heterocycles. The Bertz CT molecular complexity index is 868. The van der Waals surface area contributed by atoms with E-state index in [4.69, 9.17) is 14.7 Å². The van der Waals surface area contributed by atoms with Gasteiger partial charge in [0.2, 0.25) is 0 Å². The van der Waals surface area contributed by atoms with Crippen LogP contribution < -0.4 is 10.1 Å². The summed E-state index contributed by atoms with van der Waals surface area (Å²) in [5.41, 5.74) is 1.73. The minimum atomic E-state index is -0.861. The number of carbonyl (C=O) groups is 2. The molecule has 3 rings (SSSR count). The van der Waals surface area contributed by atoms with E-state index in [1.807, 2.05) is 24.3 Å². The van der Waals surface area contributed by atoms with Crippen LogP contribution in [-0.4, -0.2) is 31.1 Å². The summed E-state index contributed by atoms with van der Waals surface area (Å²) in [6, 6.07) is 18.5. The molecule has 1 N–H and O–H groups in total. The van der Waals surface area contributed by atoms with Crippen LogP contribution in [0.15, 0.2) is 54.6 Å². The molecule has 1 aliphatic carbocycles. The molecule has 144 valence electrons. The highest BCUT2D eigenvalue weighted by Gasteiger charge is 2.44. The highest BCUT2D eigenvalue weighted by Crippen LogP contribution is 2.47. The molecule has 0 bridgehead atoms. The summed E-state index contributed by atoms with van der Waals surface area (Å²) in [6.45, 7) is 1.74. The number of ether oxygens (including phenoxy) is 2. The first-order valence-electron chi connectivity index (χ1n) is 9.18. The molecule has 2 aromatic rings. The molecule has 1 amide bonds. The lowest BCUT2D eigenvalue weighted by Crippen LogP contribution is -2.36. The van der Waals surface area contributed by atoms with Crippen molar-refractivity contribution in [2.75, 3.05) is 13.2 Å². The second kappa shape index (κ2) is 8.57. The van der Waals surface area contributed by atoms with Gasteiger partial charge in [-0.2, -0.15) is 5.26 Å². The van der Waals surface area contributed by atoms with E-state index in [0.29, 0.717) is 17.9 Å². The van der Waals surface area contributed by atoms with Gasteiger partial charge in [0.05, 0.1) is 11.6 Å². The fraction of sp³-hybridized carbons (Fsp3) is 0.318. The van der Waals surface area contributed by atoms with Gasteiger partial charge < -0.3 is 14.8 Å². The topological polar surface area (TPSA) is 88.4 Å². The van der Waals surface area contributed by atoms with Crippen LogP contribution in [0.3, 0.4) is 0 Å². The maximum Gasteiger partial charge on any atom is 0.347 e. The Hall–Kier alpha value is -3.33. The Morgan fingerprint density at radius 3 is 2.43 bits per heavy atom. The number of hydrogen-bond donors (Lipinski definition) is 1. The van der Waals surface area contributed by atoms with Crippen molar-refractivity contribution in [1.82, 2.24) is 5.32 Å². The molecule has 28 heavy (non-hydrogen) atoms. The molecular weight excluding hydrogens is 356 g/mol. The highest BCUT2D eigenvalue weighted by atomic mass is 16.6. The molecule has 1 aliphatic rings. The van der Waals surface area contributed by atoms with Crippen molar-refractivity contribution in [3.8, 4) is 11.8 Å². The zero-order chi connectivity index (χ0) is 20.0. The number of nitrogens with one attached hydrogen (secondary N) is 1. The average molecular weight is 378 g/mol. The van der Waals surface area contributed by atoms with Crippen molar-refractivity contribution in [2.24, 2.45) is 0 Å². The maximum absolute atomic E-state index is 12.0. The van der Waals surface area contributed by atoms with Crippen LogP contribution in [0, 0.1) is 11.3 Å². The summed E-state index contributed by atoms with van der Waals surface area (Å²) >= 11 is 0. The molecule has 1 atom stereocenters. The Morgan fingerprint density at radius 2 is 1.82 bits per heavy atom. The van der Waals surface area contributed by atoms with E-state index in [1.54, 1.807) is 31.2 Å². The monoisotopic (exact) mass is 378 g/mol. The molecule has 6 heteroatoms. The first kappa shape index (κ1) is 19.4. The van der Waals surface area contributed by atoms with Gasteiger partial charge in [0.1, 0.15) is 5.75 Å². The van der Waals surface area contributed by atoms with Crippen molar-refractivity contribution in [1.29, 1.82) is 5.26 Å². The molecule has 1 saturated carbocycles. The molecule has 0 radical (unpaired) electrons. The maximum atomic E-state index is 12.0. The summed E-state index contributed by atoms with van der Waals surface area (Å²) in [5, 5.41) is 11.6. The van der Waals surface area contributed by atoms with Crippen LogP contribution in [-0.2, 0) is 19.7 Å². The van der Waals surface area contributed by atoms with Crippen LogP contribution in [0.4, 0.5) is 0 Å². The molecular formula is C22H22N2O4. The number of esters is 1. The zero-order valence-electron chi connectivity index (χ0n) is 15.7. The molecule has 1 unspecified atom stereocenters. The Morgan fingerprint density at radius 1 is 1.14 bits per heavy atom. The SMILES string of the molecule is CC(Oc1ccc(C#N)cc1)C(=O)OCC(=O)NCC1(c2ccccc2)CC1. The van der Waals surface area contributed by atoms with Crippen LogP contribution in [0.1, 0.15) is 30.9 Å². The lowest BCUT2D eigenvalue weighted by atomic mass is 9.96. The Kier molecular flexibility index (Phi) is 5.95.